The van der Waals surface area contributed by atoms with E-state index in [-0.39, 0.29) is 11.6 Å². The highest BCUT2D eigenvalue weighted by molar-refractivity contribution is 7.91. The van der Waals surface area contributed by atoms with Crippen molar-refractivity contribution < 1.29 is 31.0 Å². The van der Waals surface area contributed by atoms with E-state index in [1.165, 1.54) is 24.6 Å². The number of halogens is 5. The molecule has 0 unspecified atom stereocenters. The van der Waals surface area contributed by atoms with Gasteiger partial charge in [-0.2, -0.15) is 18.2 Å². The second-order valence-electron chi connectivity index (χ2n) is 11.5. The molecule has 5 rings (SSSR count). The highest BCUT2D eigenvalue weighted by atomic mass is 32.2. The third-order valence-electron chi connectivity index (χ3n) is 7.72. The van der Waals surface area contributed by atoms with Crippen LogP contribution in [-0.4, -0.2) is 82.6 Å². The minimum Gasteiger partial charge on any atom is -0.368 e. The summed E-state index contributed by atoms with van der Waals surface area (Å²) in [6, 6.07) is 10.8. The number of hydrogen-bond donors (Lipinski definition) is 5. The van der Waals surface area contributed by atoms with E-state index in [1.807, 2.05) is 5.32 Å². The minimum absolute atomic E-state index is 0.188. The number of nitrogens with one attached hydrogen (secondary N) is 5. The minimum atomic E-state index is -4.76. The Hall–Kier alpha value is -4.87. The number of alkyl halides is 3. The molecule has 1 aliphatic heterocycles. The summed E-state index contributed by atoms with van der Waals surface area (Å²) < 4.78 is 88.7. The summed E-state index contributed by atoms with van der Waals surface area (Å²) in [4.78, 5) is 26.4. The Morgan fingerprint density at radius 3 is 2.39 bits per heavy atom. The van der Waals surface area contributed by atoms with Crippen molar-refractivity contribution in [2.45, 2.75) is 11.1 Å². The van der Waals surface area contributed by atoms with Gasteiger partial charge in [-0.25, -0.2) is 27.5 Å². The van der Waals surface area contributed by atoms with Crippen LogP contribution >= 0.6 is 0 Å². The van der Waals surface area contributed by atoms with Gasteiger partial charge in [0.2, 0.25) is 5.95 Å². The smallest absolute Gasteiger partial charge is 0.368 e. The van der Waals surface area contributed by atoms with Gasteiger partial charge in [0.1, 0.15) is 17.5 Å². The normalized spacial score (nSPS) is 15.3. The summed E-state index contributed by atoms with van der Waals surface area (Å²) in [5.74, 6) is -1.41. The molecule has 1 saturated heterocycles. The third kappa shape index (κ3) is 9.39. The summed E-state index contributed by atoms with van der Waals surface area (Å²) in [5, 5.41) is 10.5. The fraction of sp³-hybridized carbons (Fsp3) is 0.281. The number of amides is 2. The standard InChI is InChI=1S/C32H34F5N9O2S/c1-45-12-14-46(15-13-45)11-10-39-29-24(19-40-30(44-29)41-22-4-3-5-23(18-22)49(2,38)48)20-6-9-27(26(34)16-20)42-31(47)43-28-17-21(32(35,36)37)7-8-25(28)33/h3-9,16-19,38H,10-15H2,1-2H3,(H2,42,43,47)(H2,39,40,41,44)/t49-/m0/s1. The van der Waals surface area contributed by atoms with E-state index in [4.69, 9.17) is 4.78 Å². The number of rotatable bonds is 10. The summed E-state index contributed by atoms with van der Waals surface area (Å²) in [7, 11) is -0.891. The molecule has 1 fully saturated rings. The molecule has 0 radical (unpaired) electrons. The molecule has 0 aliphatic carbocycles. The lowest BCUT2D eigenvalue weighted by Gasteiger charge is -2.32. The van der Waals surface area contributed by atoms with Gasteiger partial charge in [0.15, 0.2) is 0 Å². The van der Waals surface area contributed by atoms with Gasteiger partial charge in [-0.3, -0.25) is 4.90 Å². The molecule has 0 bridgehead atoms. The average Bonchev–Trinajstić information content (AvgIpc) is 3.03. The van der Waals surface area contributed by atoms with Gasteiger partial charge in [0.25, 0.3) is 0 Å². The Labute approximate surface area is 279 Å². The first-order valence-corrected chi connectivity index (χ1v) is 17.0. The number of aromatic nitrogens is 2. The molecule has 1 aliphatic rings. The van der Waals surface area contributed by atoms with Crippen molar-refractivity contribution in [1.82, 2.24) is 19.8 Å². The quantitative estimate of drug-likeness (QED) is 0.118. The number of nitrogens with zero attached hydrogens (tertiary/aromatic N) is 4. The topological polar surface area (TPSA) is 138 Å². The predicted molar refractivity (Wildman–Crippen MR) is 179 cm³/mol. The van der Waals surface area contributed by atoms with E-state index < -0.39 is 44.8 Å². The lowest BCUT2D eigenvalue weighted by Crippen LogP contribution is -2.45. The number of carbonyl (C=O) groups excluding carboxylic acids is 1. The van der Waals surface area contributed by atoms with Crippen LogP contribution < -0.4 is 21.3 Å². The first kappa shape index (κ1) is 35.4. The fourth-order valence-electron chi connectivity index (χ4n) is 4.99. The maximum Gasteiger partial charge on any atom is 0.416 e. The van der Waals surface area contributed by atoms with Gasteiger partial charge in [0.05, 0.1) is 26.7 Å². The van der Waals surface area contributed by atoms with E-state index in [2.05, 4.69) is 42.8 Å². The molecule has 49 heavy (non-hydrogen) atoms. The zero-order chi connectivity index (χ0) is 35.3. The van der Waals surface area contributed by atoms with Gasteiger partial charge in [-0.15, -0.1) is 0 Å². The molecular weight excluding hydrogens is 669 g/mol. The van der Waals surface area contributed by atoms with Crippen molar-refractivity contribution in [2.24, 2.45) is 0 Å². The number of piperazine rings is 1. The van der Waals surface area contributed by atoms with Crippen LogP contribution in [0.1, 0.15) is 5.56 Å². The maximum absolute atomic E-state index is 15.3. The molecule has 4 aromatic rings. The molecule has 17 heteroatoms. The zero-order valence-electron chi connectivity index (χ0n) is 26.5. The molecule has 1 aromatic heterocycles. The van der Waals surface area contributed by atoms with Crippen LogP contribution in [0.3, 0.4) is 0 Å². The summed E-state index contributed by atoms with van der Waals surface area (Å²) >= 11 is 0. The van der Waals surface area contributed by atoms with Crippen LogP contribution in [0.15, 0.2) is 71.8 Å². The van der Waals surface area contributed by atoms with E-state index >= 15 is 4.39 Å². The maximum atomic E-state index is 15.3. The van der Waals surface area contributed by atoms with Crippen LogP contribution in [0.25, 0.3) is 11.1 Å². The lowest BCUT2D eigenvalue weighted by atomic mass is 10.1. The van der Waals surface area contributed by atoms with Crippen molar-refractivity contribution in [3.8, 4) is 11.1 Å². The fourth-order valence-corrected chi connectivity index (χ4v) is 5.68. The summed E-state index contributed by atoms with van der Waals surface area (Å²) in [5.41, 5.74) is -0.898. The van der Waals surface area contributed by atoms with E-state index in [0.717, 1.165) is 38.8 Å². The van der Waals surface area contributed by atoms with Crippen LogP contribution in [0.4, 0.5) is 55.6 Å². The number of carbonyl (C=O) groups is 1. The van der Waals surface area contributed by atoms with E-state index in [0.29, 0.717) is 52.3 Å². The Morgan fingerprint density at radius 1 is 0.959 bits per heavy atom. The first-order chi connectivity index (χ1) is 23.2. The Morgan fingerprint density at radius 2 is 1.69 bits per heavy atom. The monoisotopic (exact) mass is 703 g/mol. The van der Waals surface area contributed by atoms with Crippen molar-refractivity contribution in [3.63, 3.8) is 0 Å². The Balaban J connectivity index is 1.35. The predicted octanol–water partition coefficient (Wildman–Crippen LogP) is 6.52. The number of hydrogen-bond acceptors (Lipinski definition) is 9. The van der Waals surface area contributed by atoms with Gasteiger partial charge >= 0.3 is 12.2 Å². The van der Waals surface area contributed by atoms with Crippen LogP contribution in [0.5, 0.6) is 0 Å². The second-order valence-corrected chi connectivity index (χ2v) is 13.6. The molecule has 5 N–H and O–H groups in total. The first-order valence-electron chi connectivity index (χ1n) is 15.0. The number of anilines is 5. The molecule has 260 valence electrons. The van der Waals surface area contributed by atoms with Gasteiger partial charge in [-0.05, 0) is 61.1 Å². The molecule has 0 saturated carbocycles. The highest BCUT2D eigenvalue weighted by Gasteiger charge is 2.31. The molecule has 1 atom stereocenters. The molecule has 11 nitrogen and oxygen atoms in total. The Kier molecular flexibility index (Phi) is 10.6. The average molecular weight is 704 g/mol. The van der Waals surface area contributed by atoms with Crippen molar-refractivity contribution in [3.05, 3.63) is 84.1 Å². The number of benzene rings is 3. The van der Waals surface area contributed by atoms with E-state index in [9.17, 15) is 26.6 Å². The van der Waals surface area contributed by atoms with Gasteiger partial charge in [0, 0.05) is 67.9 Å². The van der Waals surface area contributed by atoms with Crippen LogP contribution in [0, 0.1) is 16.4 Å². The molecule has 2 amide bonds. The SMILES string of the molecule is CN1CCN(CCNc2nc(Nc3cccc([S@@](C)(=N)=O)c3)ncc2-c2ccc(NC(=O)Nc3cc(C(F)(F)F)ccc3F)c(F)c2)CC1. The molecule has 0 spiro atoms. The largest absolute Gasteiger partial charge is 0.416 e. The molecule has 3 aromatic carbocycles. The third-order valence-corrected chi connectivity index (χ3v) is 8.87. The molecular formula is C32H34F5N9O2S. The zero-order valence-corrected chi connectivity index (χ0v) is 27.3. The summed E-state index contributed by atoms with van der Waals surface area (Å²) in [6.45, 7) is 4.93. The van der Waals surface area contributed by atoms with Crippen molar-refractivity contribution >= 4 is 44.6 Å². The lowest BCUT2D eigenvalue weighted by molar-refractivity contribution is -0.137. The van der Waals surface area contributed by atoms with Crippen molar-refractivity contribution in [1.29, 1.82) is 4.78 Å². The van der Waals surface area contributed by atoms with Gasteiger partial charge in [-0.1, -0.05) is 12.1 Å². The molecule has 2 heterocycles. The number of likely N-dealkylation sites (N-methyl/N-ethyl adjacent to an activating group) is 1. The van der Waals surface area contributed by atoms with Gasteiger partial charge < -0.3 is 26.2 Å². The van der Waals surface area contributed by atoms with Crippen LogP contribution in [-0.2, 0) is 15.9 Å². The summed E-state index contributed by atoms with van der Waals surface area (Å²) in [6.07, 6.45) is -1.95. The highest BCUT2D eigenvalue weighted by Crippen LogP contribution is 2.33. The number of urea groups is 1. The van der Waals surface area contributed by atoms with Crippen molar-refractivity contribution in [2.75, 3.05) is 73.8 Å². The second kappa shape index (κ2) is 14.7. The van der Waals surface area contributed by atoms with E-state index in [1.54, 1.807) is 24.3 Å². The Bertz CT molecular complexity index is 1930. The van der Waals surface area contributed by atoms with Crippen LogP contribution in [0.2, 0.25) is 0 Å².